The maximum Gasteiger partial charge on any atom is 0.317 e. The van der Waals surface area contributed by atoms with Crippen molar-refractivity contribution in [2.45, 2.75) is 223 Å². The fourth-order valence-electron chi connectivity index (χ4n) is 14.0. The van der Waals surface area contributed by atoms with Crippen LogP contribution >= 0.6 is 12.4 Å². The minimum atomic E-state index is -1.09. The highest BCUT2D eigenvalue weighted by molar-refractivity contribution is 6.38. The number of rotatable bonds is 21. The number of amides is 12. The minimum Gasteiger partial charge on any atom is -0.363 e. The number of likely N-dealkylation sites (tertiary alicyclic amines) is 2. The van der Waals surface area contributed by atoms with Crippen molar-refractivity contribution in [1.82, 2.24) is 51.5 Å². The van der Waals surface area contributed by atoms with Gasteiger partial charge in [0.05, 0.1) is 30.2 Å². The number of nitrogens with zero attached hydrogens (tertiary/aromatic N) is 5. The van der Waals surface area contributed by atoms with E-state index < -0.39 is 88.4 Å². The van der Waals surface area contributed by atoms with Gasteiger partial charge >= 0.3 is 18.1 Å². The first-order valence-electron chi connectivity index (χ1n) is 33.3. The van der Waals surface area contributed by atoms with Gasteiger partial charge in [0.1, 0.15) is 18.1 Å². The number of carbonyl (C=O) groups is 11. The molecule has 93 heavy (non-hydrogen) atoms. The molecule has 0 aromatic heterocycles. The molecule has 0 radical (unpaired) electrons. The summed E-state index contributed by atoms with van der Waals surface area (Å²) < 4.78 is 0. The van der Waals surface area contributed by atoms with Gasteiger partial charge in [-0.3, -0.25) is 38.4 Å². The molecule has 4 aliphatic heterocycles. The number of piperidine rings is 2. The van der Waals surface area contributed by atoms with Gasteiger partial charge in [0.25, 0.3) is 11.8 Å². The second kappa shape index (κ2) is 30.1. The van der Waals surface area contributed by atoms with Gasteiger partial charge in [-0.15, -0.1) is 12.4 Å². The molecule has 4 saturated heterocycles. The van der Waals surface area contributed by atoms with Gasteiger partial charge in [-0.05, 0) is 93.7 Å². The van der Waals surface area contributed by atoms with Gasteiger partial charge in [-0.2, -0.15) is 0 Å². The van der Waals surface area contributed by atoms with Crippen LogP contribution in [-0.4, -0.2) is 191 Å². The Bertz CT molecular complexity index is 2850. The molecule has 12 atom stereocenters. The molecule has 4 heterocycles. The summed E-state index contributed by atoms with van der Waals surface area (Å²) in [5, 5.41) is 17.1. The molecule has 12 N–H and O–H groups in total. The average molecular weight is 1330 g/mol. The lowest BCUT2D eigenvalue weighted by Gasteiger charge is -2.40. The van der Waals surface area contributed by atoms with Crippen LogP contribution in [0.25, 0.3) is 0 Å². The normalized spacial score (nSPS) is 25.6. The first-order valence-corrected chi connectivity index (χ1v) is 33.3. The molecular formula is C66H111ClN14O12. The number of aliphatic imine (C=N–C) groups is 1. The first-order chi connectivity index (χ1) is 42.4. The van der Waals surface area contributed by atoms with Crippen molar-refractivity contribution in [2.24, 2.45) is 90.2 Å². The molecule has 8 rings (SSSR count). The van der Waals surface area contributed by atoms with Crippen molar-refractivity contribution in [3.63, 3.8) is 0 Å². The molecule has 4 saturated carbocycles. The summed E-state index contributed by atoms with van der Waals surface area (Å²) in [6.07, 6.45) is 10.0. The van der Waals surface area contributed by atoms with Crippen LogP contribution in [0.2, 0.25) is 0 Å². The summed E-state index contributed by atoms with van der Waals surface area (Å²) in [4.78, 5) is 161. The van der Waals surface area contributed by atoms with Gasteiger partial charge in [0.2, 0.25) is 41.3 Å². The Kier molecular flexibility index (Phi) is 25.0. The molecule has 12 amide bonds. The van der Waals surface area contributed by atoms with Gasteiger partial charge in [0.15, 0.2) is 0 Å². The zero-order valence-electron chi connectivity index (χ0n) is 58.1. The Hall–Kier alpha value is -6.40. The molecule has 27 heteroatoms. The van der Waals surface area contributed by atoms with Gasteiger partial charge in [-0.25, -0.2) is 24.2 Å². The standard InChI is InChI=1S/C33H55N7O6.C22H36N4O4.C11H19N3O2.ClH/c1-31(2,3)21(17-39-14-10-13-35-30(39)46)37-29(45)38-25(32(4,5)6)28(44)40-16-19-22(33(19,7)8)23(40)27(43)36-20(24(41)26(34)42)15-18-11-9-12-18;1-21(2,3)17(23)20(30)26-10-12-14(22(12,4)5)15(26)19(29)25-13(16(27)18(24)28)9-11-7-6-8-11;1-11(2,3)9(13-8-15)7-14-6-4-5-12-10(14)16;/h18-23,25H,9-17H2,1-8H3,(H2,34,42)(H,35,46)(H,36,43)(H2,37,38,45);11-15,17H,6-10,23H2,1-5H3,(H2,24,28)(H,25,29);9H,4-7H2,1-3H3,(H,12,16);1H/t19-,20?,21+,22-,23-,25+;12-,13?,14-,15-,17+;9-;/m001./s1. The number of urea groups is 3. The third kappa shape index (κ3) is 18.8. The molecule has 0 aromatic rings. The zero-order valence-corrected chi connectivity index (χ0v) is 58.9. The van der Waals surface area contributed by atoms with Crippen molar-refractivity contribution in [1.29, 1.82) is 0 Å². The topological polar surface area (TPSA) is 380 Å². The van der Waals surface area contributed by atoms with Crippen LogP contribution in [0.4, 0.5) is 14.4 Å². The number of isocyanates is 1. The second-order valence-corrected chi connectivity index (χ2v) is 32.8. The van der Waals surface area contributed by atoms with Crippen molar-refractivity contribution >= 4 is 83.6 Å². The number of Topliss-reactive ketones (excluding diaryl/α,β-unsaturated/α-hetero) is 2. The van der Waals surface area contributed by atoms with Crippen molar-refractivity contribution in [2.75, 3.05) is 52.4 Å². The number of hydrogen-bond acceptors (Lipinski definition) is 14. The van der Waals surface area contributed by atoms with E-state index in [9.17, 15) is 57.5 Å². The maximum absolute atomic E-state index is 14.3. The molecule has 0 aromatic carbocycles. The lowest BCUT2D eigenvalue weighted by molar-refractivity contribution is -0.145. The van der Waals surface area contributed by atoms with E-state index >= 15 is 0 Å². The Labute approximate surface area is 556 Å². The number of carbonyl (C=O) groups excluding carboxylic acids is 12. The van der Waals surface area contributed by atoms with E-state index in [1.807, 2.05) is 83.1 Å². The molecule has 8 fully saturated rings. The third-order valence-electron chi connectivity index (χ3n) is 21.1. The Morgan fingerprint density at radius 3 is 1.32 bits per heavy atom. The Morgan fingerprint density at radius 1 is 0.581 bits per heavy atom. The fraction of sp³-hybridized carbons (Fsp3) is 0.818. The van der Waals surface area contributed by atoms with E-state index in [0.717, 1.165) is 64.5 Å². The van der Waals surface area contributed by atoms with Crippen LogP contribution in [0.5, 0.6) is 0 Å². The summed E-state index contributed by atoms with van der Waals surface area (Å²) in [6.45, 7) is 35.8. The molecule has 0 spiro atoms. The Balaban J connectivity index is 0.000000284. The predicted molar refractivity (Wildman–Crippen MR) is 352 cm³/mol. The molecule has 524 valence electrons. The summed E-state index contributed by atoms with van der Waals surface area (Å²) >= 11 is 0. The largest absolute Gasteiger partial charge is 0.363 e. The van der Waals surface area contributed by atoms with E-state index in [2.05, 4.69) is 64.6 Å². The summed E-state index contributed by atoms with van der Waals surface area (Å²) in [7, 11) is 0. The van der Waals surface area contributed by atoms with E-state index in [0.29, 0.717) is 58.0 Å². The van der Waals surface area contributed by atoms with Crippen molar-refractivity contribution < 1.29 is 57.5 Å². The van der Waals surface area contributed by atoms with Crippen LogP contribution in [0.3, 0.4) is 0 Å². The lowest BCUT2D eigenvalue weighted by Crippen LogP contribution is -2.63. The fourth-order valence-corrected chi connectivity index (χ4v) is 14.0. The summed E-state index contributed by atoms with van der Waals surface area (Å²) in [5.41, 5.74) is 14.8. The molecule has 8 aliphatic rings. The van der Waals surface area contributed by atoms with Gasteiger partial charge in [-0.1, -0.05) is 149 Å². The number of fused-ring (bicyclic) bond motifs is 2. The van der Waals surface area contributed by atoms with Crippen molar-refractivity contribution in [3.8, 4) is 0 Å². The third-order valence-corrected chi connectivity index (χ3v) is 21.1. The SMILES string of the molecule is CC(C)(C)[C@@H](CN1CCCNC1=O)N=C=O.CC(C)(C)[C@H](N)C(=O)N1C[C@H]2[C@@H]([C@H]1C(=O)NC(CC1CCC1)C(=O)C(N)=O)C2(C)C.CC(C)(C)[C@H](NC(=O)N[C@H](CN1CCCNC1=O)C(C)(C)C)C(=O)N1C[C@H]2[C@@H]([C@H]1C(=O)NC(CC1CCC1)C(=O)C(N)=O)C2(C)C.Cl. The van der Waals surface area contributed by atoms with Gasteiger partial charge < -0.3 is 68.7 Å². The minimum absolute atomic E-state index is 0. The van der Waals surface area contributed by atoms with Crippen LogP contribution in [0, 0.1) is 68.0 Å². The zero-order chi connectivity index (χ0) is 69.1. The number of ketones is 2. The maximum atomic E-state index is 14.3. The van der Waals surface area contributed by atoms with Crippen LogP contribution in [0.15, 0.2) is 4.99 Å². The number of primary amides is 2. The van der Waals surface area contributed by atoms with Crippen LogP contribution in [-0.2, 0) is 43.2 Å². The highest BCUT2D eigenvalue weighted by Gasteiger charge is 2.71. The predicted octanol–water partition coefficient (Wildman–Crippen LogP) is 3.89. The van der Waals surface area contributed by atoms with E-state index in [4.69, 9.17) is 17.2 Å². The van der Waals surface area contributed by atoms with Crippen LogP contribution < -0.4 is 49.1 Å². The Morgan fingerprint density at radius 2 is 0.989 bits per heavy atom. The highest BCUT2D eigenvalue weighted by atomic mass is 35.5. The van der Waals surface area contributed by atoms with Crippen LogP contribution in [0.1, 0.15) is 175 Å². The van der Waals surface area contributed by atoms with E-state index in [1.165, 1.54) is 0 Å². The van der Waals surface area contributed by atoms with Gasteiger partial charge in [0, 0.05) is 52.4 Å². The number of halogens is 1. The molecule has 4 aliphatic carbocycles. The van der Waals surface area contributed by atoms with E-state index in [1.54, 1.807) is 25.7 Å². The quantitative estimate of drug-likeness (QED) is 0.0448. The smallest absolute Gasteiger partial charge is 0.317 e. The number of nitrogens with two attached hydrogens (primary N) is 3. The average Bonchev–Trinajstić information content (AvgIpc) is 1.53. The number of hydrogen-bond donors (Lipinski definition) is 9. The highest BCUT2D eigenvalue weighted by Crippen LogP contribution is 2.66. The van der Waals surface area contributed by atoms with Crippen molar-refractivity contribution in [3.05, 3.63) is 0 Å². The summed E-state index contributed by atoms with van der Waals surface area (Å²) in [6, 6.07) is -6.59. The monoisotopic (exact) mass is 1330 g/mol. The molecular weight excluding hydrogens is 1220 g/mol. The molecule has 26 nitrogen and oxygen atoms in total. The van der Waals surface area contributed by atoms with E-state index in [-0.39, 0.29) is 99.5 Å². The summed E-state index contributed by atoms with van der Waals surface area (Å²) in [5.74, 6) is -4.50. The number of nitrogens with one attached hydrogen (secondary N) is 6. The lowest BCUT2D eigenvalue weighted by atomic mass is 9.80. The molecule has 0 bridgehead atoms. The first kappa shape index (κ1) is 77.3. The second-order valence-electron chi connectivity index (χ2n) is 32.8. The molecule has 2 unspecified atom stereocenters.